The molecule has 0 aliphatic heterocycles. The van der Waals surface area contributed by atoms with Crippen LogP contribution in [0, 0.1) is 0 Å². The van der Waals surface area contributed by atoms with Gasteiger partial charge in [-0.15, -0.1) is 11.8 Å². The van der Waals surface area contributed by atoms with Gasteiger partial charge in [-0.25, -0.2) is 0 Å². The van der Waals surface area contributed by atoms with Crippen molar-refractivity contribution < 1.29 is 0 Å². The number of halogens is 2. The molecular formula is C17H19Cl2NS. The molecule has 0 aromatic heterocycles. The summed E-state index contributed by atoms with van der Waals surface area (Å²) in [6.07, 6.45) is 0. The van der Waals surface area contributed by atoms with E-state index in [2.05, 4.69) is 43.4 Å². The molecule has 0 radical (unpaired) electrons. The third-order valence-electron chi connectivity index (χ3n) is 3.04. The summed E-state index contributed by atoms with van der Waals surface area (Å²) >= 11 is 13.9. The minimum absolute atomic E-state index is 0.504. The van der Waals surface area contributed by atoms with Gasteiger partial charge in [0.2, 0.25) is 0 Å². The van der Waals surface area contributed by atoms with Gasteiger partial charge in [-0.2, -0.15) is 0 Å². The molecule has 4 heteroatoms. The molecule has 0 bridgehead atoms. The Hall–Kier alpha value is -0.670. The predicted molar refractivity (Wildman–Crippen MR) is 94.4 cm³/mol. The van der Waals surface area contributed by atoms with E-state index >= 15 is 0 Å². The molecule has 0 amide bonds. The van der Waals surface area contributed by atoms with Gasteiger partial charge in [-0.05, 0) is 41.5 Å². The van der Waals surface area contributed by atoms with E-state index in [0.717, 1.165) is 27.9 Å². The highest BCUT2D eigenvalue weighted by atomic mass is 35.5. The van der Waals surface area contributed by atoms with Crippen LogP contribution in [0.3, 0.4) is 0 Å². The molecule has 1 nitrogen and oxygen atoms in total. The lowest BCUT2D eigenvalue weighted by molar-refractivity contribution is 0.588. The smallest absolute Gasteiger partial charge is 0.0447 e. The molecule has 112 valence electrons. The molecule has 0 heterocycles. The predicted octanol–water partition coefficient (Wildman–Crippen LogP) is 5.78. The van der Waals surface area contributed by atoms with Crippen LogP contribution >= 0.6 is 35.0 Å². The molecule has 21 heavy (non-hydrogen) atoms. The number of nitrogens with one attached hydrogen (secondary N) is 1. The first-order valence-corrected chi connectivity index (χ1v) is 8.68. The maximum atomic E-state index is 6.18. The van der Waals surface area contributed by atoms with Gasteiger partial charge in [-0.1, -0.05) is 49.2 Å². The highest BCUT2D eigenvalue weighted by Gasteiger charge is 2.03. The summed E-state index contributed by atoms with van der Waals surface area (Å²) in [7, 11) is 0. The van der Waals surface area contributed by atoms with Crippen LogP contribution < -0.4 is 5.32 Å². The molecule has 0 atom stereocenters. The van der Waals surface area contributed by atoms with Crippen LogP contribution in [-0.4, -0.2) is 6.04 Å². The zero-order chi connectivity index (χ0) is 15.2. The summed E-state index contributed by atoms with van der Waals surface area (Å²) in [5.74, 6) is 0.822. The Balaban J connectivity index is 1.93. The van der Waals surface area contributed by atoms with Crippen LogP contribution in [0.25, 0.3) is 0 Å². The van der Waals surface area contributed by atoms with E-state index in [0.29, 0.717) is 6.04 Å². The first kappa shape index (κ1) is 16.7. The van der Waals surface area contributed by atoms with Crippen molar-refractivity contribution in [2.24, 2.45) is 0 Å². The summed E-state index contributed by atoms with van der Waals surface area (Å²) < 4.78 is 0. The van der Waals surface area contributed by atoms with Crippen LogP contribution in [0.5, 0.6) is 0 Å². The van der Waals surface area contributed by atoms with Crippen molar-refractivity contribution in [1.82, 2.24) is 5.32 Å². The quantitative estimate of drug-likeness (QED) is 0.669. The Morgan fingerprint density at radius 2 is 1.76 bits per heavy atom. The topological polar surface area (TPSA) is 12.0 Å². The minimum atomic E-state index is 0.504. The number of thioether (sulfide) groups is 1. The SMILES string of the molecule is CC(C)NCc1ccc(SCc2cc(Cl)ccc2Cl)cc1. The van der Waals surface area contributed by atoms with Gasteiger partial charge in [0.25, 0.3) is 0 Å². The van der Waals surface area contributed by atoms with Crippen molar-refractivity contribution in [3.63, 3.8) is 0 Å². The fourth-order valence-corrected chi connectivity index (χ4v) is 3.19. The van der Waals surface area contributed by atoms with Crippen LogP contribution in [0.15, 0.2) is 47.4 Å². The number of hydrogen-bond donors (Lipinski definition) is 1. The second kappa shape index (κ2) is 8.09. The summed E-state index contributed by atoms with van der Waals surface area (Å²) in [6.45, 7) is 5.21. The van der Waals surface area contributed by atoms with E-state index < -0.39 is 0 Å². The second-order valence-corrected chi connectivity index (χ2v) is 7.10. The van der Waals surface area contributed by atoms with E-state index in [1.165, 1.54) is 10.5 Å². The maximum Gasteiger partial charge on any atom is 0.0447 e. The van der Waals surface area contributed by atoms with E-state index in [9.17, 15) is 0 Å². The van der Waals surface area contributed by atoms with Crippen LogP contribution in [0.1, 0.15) is 25.0 Å². The lowest BCUT2D eigenvalue weighted by atomic mass is 10.2. The fourth-order valence-electron chi connectivity index (χ4n) is 1.84. The Morgan fingerprint density at radius 3 is 2.43 bits per heavy atom. The van der Waals surface area contributed by atoms with Gasteiger partial charge in [0.05, 0.1) is 0 Å². The van der Waals surface area contributed by atoms with E-state index in [1.807, 2.05) is 18.2 Å². The van der Waals surface area contributed by atoms with E-state index in [-0.39, 0.29) is 0 Å². The van der Waals surface area contributed by atoms with Gasteiger partial charge in [0.15, 0.2) is 0 Å². The molecule has 0 unspecified atom stereocenters. The number of benzene rings is 2. The molecule has 0 saturated heterocycles. The van der Waals surface area contributed by atoms with Crippen molar-refractivity contribution in [2.75, 3.05) is 0 Å². The average Bonchev–Trinajstić information content (AvgIpc) is 2.47. The van der Waals surface area contributed by atoms with Crippen molar-refractivity contribution >= 4 is 35.0 Å². The van der Waals surface area contributed by atoms with Crippen LogP contribution in [0.2, 0.25) is 10.0 Å². The van der Waals surface area contributed by atoms with Crippen LogP contribution in [0.4, 0.5) is 0 Å². The fraction of sp³-hybridized carbons (Fsp3) is 0.294. The zero-order valence-electron chi connectivity index (χ0n) is 12.2. The maximum absolute atomic E-state index is 6.18. The number of rotatable bonds is 6. The first-order valence-electron chi connectivity index (χ1n) is 6.93. The molecule has 1 N–H and O–H groups in total. The molecule has 0 saturated carbocycles. The number of hydrogen-bond acceptors (Lipinski definition) is 2. The van der Waals surface area contributed by atoms with E-state index in [4.69, 9.17) is 23.2 Å². The van der Waals surface area contributed by atoms with E-state index in [1.54, 1.807) is 11.8 Å². The molecule has 0 aliphatic rings. The van der Waals surface area contributed by atoms with Crippen molar-refractivity contribution in [3.05, 3.63) is 63.6 Å². The van der Waals surface area contributed by atoms with Crippen molar-refractivity contribution in [1.29, 1.82) is 0 Å². The molecule has 0 aliphatic carbocycles. The Bertz CT molecular complexity index is 582. The minimum Gasteiger partial charge on any atom is -0.310 e. The normalized spacial score (nSPS) is 11.1. The molecular weight excluding hydrogens is 321 g/mol. The summed E-state index contributed by atoms with van der Waals surface area (Å²) in [6, 6.07) is 14.7. The summed E-state index contributed by atoms with van der Waals surface area (Å²) in [5.41, 5.74) is 2.37. The second-order valence-electron chi connectivity index (χ2n) is 5.20. The summed E-state index contributed by atoms with van der Waals surface area (Å²) in [4.78, 5) is 1.24. The summed E-state index contributed by atoms with van der Waals surface area (Å²) in [5, 5.41) is 4.91. The van der Waals surface area contributed by atoms with Crippen LogP contribution in [-0.2, 0) is 12.3 Å². The Morgan fingerprint density at radius 1 is 1.05 bits per heavy atom. The van der Waals surface area contributed by atoms with Gasteiger partial charge in [0, 0.05) is 33.3 Å². The highest BCUT2D eigenvalue weighted by molar-refractivity contribution is 7.98. The highest BCUT2D eigenvalue weighted by Crippen LogP contribution is 2.28. The monoisotopic (exact) mass is 339 g/mol. The molecule has 0 fully saturated rings. The van der Waals surface area contributed by atoms with Gasteiger partial charge in [-0.3, -0.25) is 0 Å². The zero-order valence-corrected chi connectivity index (χ0v) is 14.5. The van der Waals surface area contributed by atoms with Gasteiger partial charge < -0.3 is 5.32 Å². The van der Waals surface area contributed by atoms with Gasteiger partial charge in [0.1, 0.15) is 0 Å². The average molecular weight is 340 g/mol. The lowest BCUT2D eigenvalue weighted by Gasteiger charge is -2.09. The van der Waals surface area contributed by atoms with Crippen molar-refractivity contribution in [3.8, 4) is 0 Å². The first-order chi connectivity index (χ1) is 10.0. The largest absolute Gasteiger partial charge is 0.310 e. The standard InChI is InChI=1S/C17H19Cl2NS/c1-12(2)20-10-13-3-6-16(7-4-13)21-11-14-9-15(18)5-8-17(14)19/h3-9,12,20H,10-11H2,1-2H3. The Kier molecular flexibility index (Phi) is 6.43. The third-order valence-corrected chi connectivity index (χ3v) is 4.70. The van der Waals surface area contributed by atoms with Crippen molar-refractivity contribution in [2.45, 2.75) is 37.1 Å². The third kappa shape index (κ3) is 5.55. The molecule has 2 aromatic carbocycles. The lowest BCUT2D eigenvalue weighted by Crippen LogP contribution is -2.21. The van der Waals surface area contributed by atoms with Gasteiger partial charge >= 0.3 is 0 Å². The molecule has 2 aromatic rings. The molecule has 2 rings (SSSR count). The Labute approximate surface area is 141 Å². The molecule has 0 spiro atoms.